The van der Waals surface area contributed by atoms with Crippen molar-refractivity contribution in [3.05, 3.63) is 54.1 Å². The van der Waals surface area contributed by atoms with E-state index in [-0.39, 0.29) is 11.8 Å². The van der Waals surface area contributed by atoms with E-state index in [1.165, 1.54) is 30.3 Å². The molecule has 1 unspecified atom stereocenters. The maximum Gasteiger partial charge on any atom is 0.573 e. The Morgan fingerprint density at radius 2 is 1.95 bits per heavy atom. The number of hydrogen-bond donors (Lipinski definition) is 1. The van der Waals surface area contributed by atoms with Crippen molar-refractivity contribution in [3.8, 4) is 5.75 Å². The Bertz CT molecular complexity index is 599. The third-order valence-corrected chi connectivity index (χ3v) is 2.64. The van der Waals surface area contributed by atoms with Crippen LogP contribution in [0.2, 0.25) is 0 Å². The quantitative estimate of drug-likeness (QED) is 0.855. The van der Waals surface area contributed by atoms with Gasteiger partial charge >= 0.3 is 6.36 Å². The molecule has 0 aliphatic heterocycles. The minimum absolute atomic E-state index is 0.299. The van der Waals surface area contributed by atoms with Crippen molar-refractivity contribution in [3.63, 3.8) is 0 Å². The number of hydrogen-bond acceptors (Lipinski definition) is 3. The van der Waals surface area contributed by atoms with Gasteiger partial charge in [0, 0.05) is 11.8 Å². The molecule has 0 spiro atoms. The van der Waals surface area contributed by atoms with Crippen molar-refractivity contribution in [2.45, 2.75) is 19.3 Å². The van der Waals surface area contributed by atoms with Gasteiger partial charge in [-0.3, -0.25) is 4.98 Å². The summed E-state index contributed by atoms with van der Waals surface area (Å²) in [4.78, 5) is 3.91. The molecule has 2 rings (SSSR count). The number of aromatic nitrogens is 1. The highest BCUT2D eigenvalue weighted by molar-refractivity contribution is 5.49. The average molecular weight is 300 g/mol. The van der Waals surface area contributed by atoms with Gasteiger partial charge in [0.25, 0.3) is 0 Å². The molecule has 1 heterocycles. The summed E-state index contributed by atoms with van der Waals surface area (Å²) >= 11 is 0. The molecule has 1 N–H and O–H groups in total. The summed E-state index contributed by atoms with van der Waals surface area (Å²) in [6.07, 6.45) is -3.65. The first-order valence-corrected chi connectivity index (χ1v) is 6.07. The summed E-state index contributed by atoms with van der Waals surface area (Å²) in [6.45, 7) is 1.76. The van der Waals surface area contributed by atoms with Crippen LogP contribution in [0.4, 0.5) is 23.2 Å². The lowest BCUT2D eigenvalue weighted by molar-refractivity contribution is -0.274. The van der Waals surface area contributed by atoms with Gasteiger partial charge in [0.05, 0.1) is 17.9 Å². The highest BCUT2D eigenvalue weighted by Crippen LogP contribution is 2.26. The monoisotopic (exact) mass is 300 g/mol. The first-order chi connectivity index (χ1) is 9.83. The molecule has 7 heteroatoms. The topological polar surface area (TPSA) is 34.1 Å². The number of nitrogens with one attached hydrogen (secondary N) is 1. The third-order valence-electron chi connectivity index (χ3n) is 2.64. The van der Waals surface area contributed by atoms with E-state index in [0.29, 0.717) is 11.4 Å². The second-order valence-electron chi connectivity index (χ2n) is 4.34. The van der Waals surface area contributed by atoms with E-state index in [1.54, 1.807) is 13.0 Å². The number of benzene rings is 1. The molecule has 2 aromatic rings. The summed E-state index contributed by atoms with van der Waals surface area (Å²) in [6, 6.07) is 7.95. The Morgan fingerprint density at radius 3 is 2.57 bits per heavy atom. The number of ether oxygens (including phenoxy) is 1. The minimum atomic E-state index is -4.73. The summed E-state index contributed by atoms with van der Waals surface area (Å²) in [5.41, 5.74) is 1.01. The standard InChI is InChI=1S/C14H12F4N2O/c1-9(13-6-5-10(15)8-19-13)20-11-3-2-4-12(7-11)21-14(16,17)18/h2-9,20H,1H3. The van der Waals surface area contributed by atoms with Crippen LogP contribution < -0.4 is 10.1 Å². The number of halogens is 4. The maximum absolute atomic E-state index is 12.8. The predicted molar refractivity (Wildman–Crippen MR) is 69.4 cm³/mol. The van der Waals surface area contributed by atoms with E-state index in [1.807, 2.05) is 0 Å². The van der Waals surface area contributed by atoms with Crippen molar-refractivity contribution >= 4 is 5.69 Å². The highest BCUT2D eigenvalue weighted by Gasteiger charge is 2.31. The summed E-state index contributed by atoms with van der Waals surface area (Å²) in [5.74, 6) is -0.765. The van der Waals surface area contributed by atoms with Crippen LogP contribution in [-0.4, -0.2) is 11.3 Å². The van der Waals surface area contributed by atoms with E-state index in [2.05, 4.69) is 15.0 Å². The number of nitrogens with zero attached hydrogens (tertiary/aromatic N) is 1. The van der Waals surface area contributed by atoms with Crippen LogP contribution in [0.3, 0.4) is 0 Å². The summed E-state index contributed by atoms with van der Waals surface area (Å²) in [5, 5.41) is 2.97. The van der Waals surface area contributed by atoms with E-state index < -0.39 is 12.2 Å². The first-order valence-electron chi connectivity index (χ1n) is 6.07. The van der Waals surface area contributed by atoms with Gasteiger partial charge in [0.15, 0.2) is 0 Å². The van der Waals surface area contributed by atoms with Gasteiger partial charge in [0.2, 0.25) is 0 Å². The molecule has 1 atom stereocenters. The molecule has 0 saturated heterocycles. The second-order valence-corrected chi connectivity index (χ2v) is 4.34. The van der Waals surface area contributed by atoms with Crippen molar-refractivity contribution < 1.29 is 22.3 Å². The second kappa shape index (κ2) is 5.99. The number of anilines is 1. The zero-order valence-electron chi connectivity index (χ0n) is 11.0. The molecule has 0 aliphatic rings. The largest absolute Gasteiger partial charge is 0.573 e. The maximum atomic E-state index is 12.8. The Morgan fingerprint density at radius 1 is 1.19 bits per heavy atom. The molecular weight excluding hydrogens is 288 g/mol. The normalized spacial score (nSPS) is 12.8. The van der Waals surface area contributed by atoms with Crippen molar-refractivity contribution in [1.29, 1.82) is 0 Å². The molecular formula is C14H12F4N2O. The molecule has 3 nitrogen and oxygen atoms in total. The summed E-state index contributed by atoms with van der Waals surface area (Å²) in [7, 11) is 0. The fourth-order valence-electron chi connectivity index (χ4n) is 1.75. The Balaban J connectivity index is 2.08. The van der Waals surface area contributed by atoms with Crippen LogP contribution in [0.1, 0.15) is 18.7 Å². The van der Waals surface area contributed by atoms with Gasteiger partial charge < -0.3 is 10.1 Å². The highest BCUT2D eigenvalue weighted by atomic mass is 19.4. The molecule has 21 heavy (non-hydrogen) atoms. The predicted octanol–water partition coefficient (Wildman–Crippen LogP) is 4.29. The van der Waals surface area contributed by atoms with E-state index in [4.69, 9.17) is 0 Å². The van der Waals surface area contributed by atoms with Crippen LogP contribution >= 0.6 is 0 Å². The molecule has 112 valence electrons. The van der Waals surface area contributed by atoms with Gasteiger partial charge in [0.1, 0.15) is 11.6 Å². The van der Waals surface area contributed by atoms with E-state index in [9.17, 15) is 17.6 Å². The van der Waals surface area contributed by atoms with Gasteiger partial charge in [-0.2, -0.15) is 0 Å². The smallest absolute Gasteiger partial charge is 0.406 e. The molecule has 0 saturated carbocycles. The lowest BCUT2D eigenvalue weighted by Gasteiger charge is -2.16. The van der Waals surface area contributed by atoms with Gasteiger partial charge in [-0.25, -0.2) is 4.39 Å². The fraction of sp³-hybridized carbons (Fsp3) is 0.214. The average Bonchev–Trinajstić information content (AvgIpc) is 2.37. The van der Waals surface area contributed by atoms with Crippen LogP contribution in [0.5, 0.6) is 5.75 Å². The van der Waals surface area contributed by atoms with Crippen molar-refractivity contribution in [2.24, 2.45) is 0 Å². The zero-order valence-corrected chi connectivity index (χ0v) is 11.0. The first kappa shape index (κ1) is 15.1. The van der Waals surface area contributed by atoms with Crippen molar-refractivity contribution in [2.75, 3.05) is 5.32 Å². The summed E-state index contributed by atoms with van der Waals surface area (Å²) < 4.78 is 53.1. The van der Waals surface area contributed by atoms with Crippen LogP contribution in [0.15, 0.2) is 42.6 Å². The number of alkyl halides is 3. The molecule has 0 amide bonds. The molecule has 0 bridgehead atoms. The van der Waals surface area contributed by atoms with Gasteiger partial charge in [-0.15, -0.1) is 13.2 Å². The van der Waals surface area contributed by atoms with Crippen LogP contribution in [0, 0.1) is 5.82 Å². The molecule has 0 radical (unpaired) electrons. The Hall–Kier alpha value is -2.31. The molecule has 0 aliphatic carbocycles. The van der Waals surface area contributed by atoms with Crippen molar-refractivity contribution in [1.82, 2.24) is 4.98 Å². The molecule has 1 aromatic carbocycles. The van der Waals surface area contributed by atoms with Gasteiger partial charge in [-0.1, -0.05) is 6.07 Å². The zero-order chi connectivity index (χ0) is 15.5. The fourth-order valence-corrected chi connectivity index (χ4v) is 1.75. The Kier molecular flexibility index (Phi) is 4.30. The van der Waals surface area contributed by atoms with E-state index in [0.717, 1.165) is 6.20 Å². The van der Waals surface area contributed by atoms with Crippen LogP contribution in [-0.2, 0) is 0 Å². The molecule has 0 fully saturated rings. The lowest BCUT2D eigenvalue weighted by Crippen LogP contribution is -2.17. The SMILES string of the molecule is CC(Nc1cccc(OC(F)(F)F)c1)c1ccc(F)cn1. The lowest BCUT2D eigenvalue weighted by atomic mass is 10.2. The Labute approximate surface area is 118 Å². The van der Waals surface area contributed by atoms with E-state index >= 15 is 0 Å². The third kappa shape index (κ3) is 4.62. The number of rotatable bonds is 4. The minimum Gasteiger partial charge on any atom is -0.406 e. The number of pyridine rings is 1. The molecule has 1 aromatic heterocycles. The van der Waals surface area contributed by atoms with Gasteiger partial charge in [-0.05, 0) is 31.2 Å². The van der Waals surface area contributed by atoms with Crippen LogP contribution in [0.25, 0.3) is 0 Å².